The van der Waals surface area contributed by atoms with Gasteiger partial charge in [0.25, 0.3) is 5.69 Å². The van der Waals surface area contributed by atoms with Gasteiger partial charge in [0.1, 0.15) is 10.7 Å². The summed E-state index contributed by atoms with van der Waals surface area (Å²) in [5.74, 6) is -1.06. The molecule has 9 heteroatoms. The van der Waals surface area contributed by atoms with Crippen molar-refractivity contribution in [2.75, 3.05) is 13.2 Å². The number of nitrogens with zero attached hydrogens (tertiary/aromatic N) is 1. The van der Waals surface area contributed by atoms with Crippen molar-refractivity contribution in [1.82, 2.24) is 4.72 Å². The average Bonchev–Trinajstić information content (AvgIpc) is 2.34. The van der Waals surface area contributed by atoms with Gasteiger partial charge >= 0.3 is 0 Å². The first-order valence-corrected chi connectivity index (χ1v) is 6.91. The van der Waals surface area contributed by atoms with Crippen molar-refractivity contribution in [3.05, 3.63) is 34.1 Å². The predicted octanol–water partition coefficient (Wildman–Crippen LogP) is 0.785. The number of aliphatic hydroxyl groups excluding tert-OH is 1. The Bertz CT molecular complexity index is 561. The van der Waals surface area contributed by atoms with Gasteiger partial charge in [-0.25, -0.2) is 17.5 Å². The van der Waals surface area contributed by atoms with E-state index in [1.807, 2.05) is 0 Å². The smallest absolute Gasteiger partial charge is 0.270 e. The highest BCUT2D eigenvalue weighted by Gasteiger charge is 2.22. The zero-order valence-corrected chi connectivity index (χ0v) is 10.7. The fourth-order valence-corrected chi connectivity index (χ4v) is 2.50. The summed E-state index contributed by atoms with van der Waals surface area (Å²) in [6.07, 6.45) is 0.784. The second-order valence-electron chi connectivity index (χ2n) is 3.70. The number of hydrogen-bond donors (Lipinski definition) is 2. The Kier molecular flexibility index (Phi) is 5.33. The van der Waals surface area contributed by atoms with Crippen molar-refractivity contribution in [2.24, 2.45) is 0 Å². The maximum atomic E-state index is 13.4. The minimum Gasteiger partial charge on any atom is -0.396 e. The van der Waals surface area contributed by atoms with Crippen molar-refractivity contribution < 1.29 is 22.8 Å². The van der Waals surface area contributed by atoms with Crippen LogP contribution in [0.25, 0.3) is 0 Å². The first-order chi connectivity index (χ1) is 8.88. The van der Waals surface area contributed by atoms with E-state index >= 15 is 0 Å². The van der Waals surface area contributed by atoms with E-state index in [1.54, 1.807) is 0 Å². The lowest BCUT2D eigenvalue weighted by Crippen LogP contribution is -2.26. The number of unbranched alkanes of at least 4 members (excludes halogenated alkanes) is 1. The molecule has 2 N–H and O–H groups in total. The van der Waals surface area contributed by atoms with Gasteiger partial charge in [-0.05, 0) is 18.9 Å². The van der Waals surface area contributed by atoms with Crippen LogP contribution in [0.4, 0.5) is 10.1 Å². The van der Waals surface area contributed by atoms with Gasteiger partial charge in [-0.3, -0.25) is 10.1 Å². The molecule has 0 spiro atoms. The highest BCUT2D eigenvalue weighted by atomic mass is 32.2. The molecular formula is C10H13FN2O5S. The molecule has 0 heterocycles. The van der Waals surface area contributed by atoms with Crippen molar-refractivity contribution >= 4 is 15.7 Å². The second-order valence-corrected chi connectivity index (χ2v) is 5.44. The van der Waals surface area contributed by atoms with Crippen molar-refractivity contribution in [2.45, 2.75) is 17.7 Å². The fraction of sp³-hybridized carbons (Fsp3) is 0.400. The highest BCUT2D eigenvalue weighted by molar-refractivity contribution is 7.89. The minimum absolute atomic E-state index is 0.0189. The number of halogens is 1. The summed E-state index contributed by atoms with van der Waals surface area (Å²) in [5.41, 5.74) is -0.503. The van der Waals surface area contributed by atoms with Gasteiger partial charge in [-0.1, -0.05) is 0 Å². The molecule has 0 radical (unpaired) electrons. The Morgan fingerprint density at radius 1 is 1.37 bits per heavy atom. The molecule has 0 saturated heterocycles. The molecule has 0 atom stereocenters. The number of aliphatic hydroxyl groups is 1. The van der Waals surface area contributed by atoms with Crippen LogP contribution < -0.4 is 4.72 Å². The number of benzene rings is 1. The number of nitro groups is 1. The summed E-state index contributed by atoms with van der Waals surface area (Å²) in [6.45, 7) is -0.0576. The lowest BCUT2D eigenvalue weighted by molar-refractivity contribution is -0.385. The molecule has 1 aromatic carbocycles. The molecule has 1 aromatic rings. The molecule has 0 bridgehead atoms. The summed E-state index contributed by atoms with van der Waals surface area (Å²) in [4.78, 5) is 8.97. The van der Waals surface area contributed by atoms with Crippen molar-refractivity contribution in [1.29, 1.82) is 0 Å². The first-order valence-electron chi connectivity index (χ1n) is 5.43. The zero-order chi connectivity index (χ0) is 14.5. The summed E-state index contributed by atoms with van der Waals surface area (Å²) in [5, 5.41) is 19.1. The standard InChI is InChI=1S/C10H13FN2O5S/c11-9-4-3-8(13(15)16)7-10(9)19(17,18)12-5-1-2-6-14/h3-4,7,12,14H,1-2,5-6H2. The van der Waals surface area contributed by atoms with Crippen LogP contribution >= 0.6 is 0 Å². The van der Waals surface area contributed by atoms with Crippen LogP contribution in [0.3, 0.4) is 0 Å². The van der Waals surface area contributed by atoms with Gasteiger partial charge < -0.3 is 5.11 Å². The SMILES string of the molecule is O=[N+]([O-])c1ccc(F)c(S(=O)(=O)NCCCCO)c1. The molecule has 0 unspecified atom stereocenters. The van der Waals surface area contributed by atoms with E-state index < -0.39 is 31.3 Å². The molecule has 0 aliphatic rings. The van der Waals surface area contributed by atoms with Gasteiger partial charge in [0.2, 0.25) is 10.0 Å². The molecule has 0 saturated carbocycles. The van der Waals surface area contributed by atoms with Gasteiger partial charge in [0.15, 0.2) is 0 Å². The number of rotatable bonds is 7. The van der Waals surface area contributed by atoms with Crippen LogP contribution in [0.2, 0.25) is 0 Å². The third-order valence-corrected chi connectivity index (χ3v) is 3.77. The Labute approximate surface area is 109 Å². The molecule has 0 fully saturated rings. The quantitative estimate of drug-likeness (QED) is 0.438. The summed E-state index contributed by atoms with van der Waals surface area (Å²) >= 11 is 0. The fourth-order valence-electron chi connectivity index (χ4n) is 1.33. The molecule has 1 rings (SSSR count). The number of sulfonamides is 1. The second kappa shape index (κ2) is 6.55. The molecule has 0 amide bonds. The molecule has 0 aliphatic carbocycles. The zero-order valence-electron chi connectivity index (χ0n) is 9.87. The molecule has 0 aliphatic heterocycles. The van der Waals surface area contributed by atoms with E-state index in [9.17, 15) is 22.9 Å². The number of hydrogen-bond acceptors (Lipinski definition) is 5. The Hall–Kier alpha value is -1.58. The van der Waals surface area contributed by atoms with Crippen LogP contribution in [0.1, 0.15) is 12.8 Å². The molecule has 7 nitrogen and oxygen atoms in total. The largest absolute Gasteiger partial charge is 0.396 e. The van der Waals surface area contributed by atoms with Crippen LogP contribution in [-0.4, -0.2) is 31.6 Å². The Morgan fingerprint density at radius 2 is 2.05 bits per heavy atom. The average molecular weight is 292 g/mol. The Morgan fingerprint density at radius 3 is 2.63 bits per heavy atom. The molecule has 0 aromatic heterocycles. The Balaban J connectivity index is 2.94. The third kappa shape index (κ3) is 4.23. The molecule has 19 heavy (non-hydrogen) atoms. The molecular weight excluding hydrogens is 279 g/mol. The highest BCUT2D eigenvalue weighted by Crippen LogP contribution is 2.20. The summed E-state index contributed by atoms with van der Waals surface area (Å²) < 4.78 is 39.0. The van der Waals surface area contributed by atoms with Gasteiger partial charge in [0, 0.05) is 25.3 Å². The van der Waals surface area contributed by atoms with E-state index in [0.717, 1.165) is 12.1 Å². The third-order valence-electron chi connectivity index (χ3n) is 2.29. The first kappa shape index (κ1) is 15.5. The van der Waals surface area contributed by atoms with E-state index in [0.29, 0.717) is 18.9 Å². The van der Waals surface area contributed by atoms with Gasteiger partial charge in [-0.15, -0.1) is 0 Å². The van der Waals surface area contributed by atoms with Gasteiger partial charge in [0.05, 0.1) is 4.92 Å². The van der Waals surface area contributed by atoms with Crippen LogP contribution in [-0.2, 0) is 10.0 Å². The van der Waals surface area contributed by atoms with E-state index in [-0.39, 0.29) is 13.2 Å². The van der Waals surface area contributed by atoms with Gasteiger partial charge in [-0.2, -0.15) is 0 Å². The lowest BCUT2D eigenvalue weighted by Gasteiger charge is -2.07. The van der Waals surface area contributed by atoms with E-state index in [2.05, 4.69) is 4.72 Å². The normalized spacial score (nSPS) is 11.5. The monoisotopic (exact) mass is 292 g/mol. The maximum absolute atomic E-state index is 13.4. The minimum atomic E-state index is -4.14. The van der Waals surface area contributed by atoms with Crippen molar-refractivity contribution in [3.63, 3.8) is 0 Å². The predicted molar refractivity (Wildman–Crippen MR) is 64.6 cm³/mol. The van der Waals surface area contributed by atoms with Crippen LogP contribution in [0.15, 0.2) is 23.1 Å². The topological polar surface area (TPSA) is 110 Å². The summed E-state index contributed by atoms with van der Waals surface area (Å²) in [6, 6.07) is 2.30. The number of nitro benzene ring substituents is 1. The van der Waals surface area contributed by atoms with Crippen LogP contribution in [0, 0.1) is 15.9 Å². The number of nitrogens with one attached hydrogen (secondary N) is 1. The number of non-ortho nitro benzene ring substituents is 1. The van der Waals surface area contributed by atoms with Crippen molar-refractivity contribution in [3.8, 4) is 0 Å². The summed E-state index contributed by atoms with van der Waals surface area (Å²) in [7, 11) is -4.14. The van der Waals surface area contributed by atoms with E-state index in [1.165, 1.54) is 0 Å². The molecule has 106 valence electrons. The lowest BCUT2D eigenvalue weighted by atomic mass is 10.3. The maximum Gasteiger partial charge on any atom is 0.270 e. The van der Waals surface area contributed by atoms with Crippen LogP contribution in [0.5, 0.6) is 0 Å². The van der Waals surface area contributed by atoms with E-state index in [4.69, 9.17) is 5.11 Å².